The van der Waals surface area contributed by atoms with E-state index in [1.165, 1.54) is 0 Å². The highest BCUT2D eigenvalue weighted by molar-refractivity contribution is 7.71. The zero-order chi connectivity index (χ0) is 19.3. The van der Waals surface area contributed by atoms with E-state index in [-0.39, 0.29) is 0 Å². The lowest BCUT2D eigenvalue weighted by molar-refractivity contribution is 0.192. The highest BCUT2D eigenvalue weighted by atomic mass is 32.1. The minimum atomic E-state index is 0.413. The second-order valence-electron chi connectivity index (χ2n) is 6.72. The predicted octanol–water partition coefficient (Wildman–Crippen LogP) is 2.98. The molecule has 7 nitrogen and oxygen atoms in total. The SMILES string of the molecule is COc1ccc(Cc2nn(CN3CCN(c4ccccn4)CC3)c(=S)o2)cc1. The van der Waals surface area contributed by atoms with Gasteiger partial charge >= 0.3 is 0 Å². The van der Waals surface area contributed by atoms with Crippen LogP contribution in [0.5, 0.6) is 5.75 Å². The van der Waals surface area contributed by atoms with Gasteiger partial charge in [0.15, 0.2) is 0 Å². The van der Waals surface area contributed by atoms with E-state index in [1.807, 2.05) is 42.6 Å². The number of aromatic nitrogens is 3. The van der Waals surface area contributed by atoms with E-state index in [1.54, 1.807) is 11.8 Å². The molecule has 1 saturated heterocycles. The maximum absolute atomic E-state index is 5.70. The van der Waals surface area contributed by atoms with Gasteiger partial charge in [-0.15, -0.1) is 5.10 Å². The Balaban J connectivity index is 1.35. The molecule has 3 aromatic rings. The van der Waals surface area contributed by atoms with Crippen LogP contribution in [0, 0.1) is 4.84 Å². The van der Waals surface area contributed by atoms with E-state index in [0.29, 0.717) is 23.8 Å². The third kappa shape index (κ3) is 4.40. The van der Waals surface area contributed by atoms with Crippen molar-refractivity contribution < 1.29 is 9.15 Å². The zero-order valence-corrected chi connectivity index (χ0v) is 16.6. The predicted molar refractivity (Wildman–Crippen MR) is 109 cm³/mol. The average Bonchev–Trinajstić information content (AvgIpc) is 3.08. The van der Waals surface area contributed by atoms with Crippen molar-refractivity contribution in [1.29, 1.82) is 0 Å². The molecule has 3 heterocycles. The number of rotatable bonds is 6. The molecule has 0 aliphatic carbocycles. The molecule has 4 rings (SSSR count). The number of pyridine rings is 1. The van der Waals surface area contributed by atoms with Crippen LogP contribution in [-0.4, -0.2) is 53.0 Å². The van der Waals surface area contributed by atoms with Crippen LogP contribution < -0.4 is 9.64 Å². The number of piperazine rings is 1. The molecule has 28 heavy (non-hydrogen) atoms. The molecular formula is C20H23N5O2S. The molecule has 1 aliphatic heterocycles. The Morgan fingerprint density at radius 3 is 2.54 bits per heavy atom. The van der Waals surface area contributed by atoms with Crippen molar-refractivity contribution in [1.82, 2.24) is 19.7 Å². The molecule has 8 heteroatoms. The van der Waals surface area contributed by atoms with E-state index >= 15 is 0 Å². The monoisotopic (exact) mass is 397 g/mol. The van der Waals surface area contributed by atoms with Gasteiger partial charge in [-0.25, -0.2) is 9.67 Å². The fourth-order valence-electron chi connectivity index (χ4n) is 3.28. The first-order chi connectivity index (χ1) is 13.7. The first kappa shape index (κ1) is 18.6. The third-order valence-electron chi connectivity index (χ3n) is 4.84. The third-order valence-corrected chi connectivity index (χ3v) is 5.14. The Labute approximate surface area is 169 Å². The van der Waals surface area contributed by atoms with Gasteiger partial charge in [0.25, 0.3) is 4.84 Å². The molecule has 0 bridgehead atoms. The minimum absolute atomic E-state index is 0.413. The summed E-state index contributed by atoms with van der Waals surface area (Å²) in [7, 11) is 1.66. The molecule has 0 saturated carbocycles. The van der Waals surface area contributed by atoms with Crippen LogP contribution in [0.4, 0.5) is 5.82 Å². The van der Waals surface area contributed by atoms with E-state index in [0.717, 1.165) is 43.3 Å². The van der Waals surface area contributed by atoms with Crippen molar-refractivity contribution in [2.75, 3.05) is 38.2 Å². The van der Waals surface area contributed by atoms with Gasteiger partial charge in [0, 0.05) is 32.4 Å². The summed E-state index contributed by atoms with van der Waals surface area (Å²) < 4.78 is 12.7. The van der Waals surface area contributed by atoms with Crippen LogP contribution in [0.15, 0.2) is 53.1 Å². The number of benzene rings is 1. The highest BCUT2D eigenvalue weighted by Gasteiger charge is 2.19. The Kier molecular flexibility index (Phi) is 5.68. The van der Waals surface area contributed by atoms with Crippen LogP contribution in [-0.2, 0) is 13.1 Å². The molecule has 2 aromatic heterocycles. The standard InChI is InChI=1S/C20H23N5O2S/c1-26-17-7-5-16(6-8-17)14-19-22-25(20(28)27-19)15-23-10-12-24(13-11-23)18-4-2-3-9-21-18/h2-9H,10-15H2,1H3. The van der Waals surface area contributed by atoms with E-state index in [2.05, 4.69) is 25.9 Å². The van der Waals surface area contributed by atoms with Crippen LogP contribution in [0.3, 0.4) is 0 Å². The summed E-state index contributed by atoms with van der Waals surface area (Å²) in [6.45, 7) is 4.36. The average molecular weight is 398 g/mol. The number of hydrogen-bond donors (Lipinski definition) is 0. The first-order valence-corrected chi connectivity index (χ1v) is 9.70. The summed E-state index contributed by atoms with van der Waals surface area (Å²) in [6.07, 6.45) is 2.44. The summed E-state index contributed by atoms with van der Waals surface area (Å²) in [5, 5.41) is 4.57. The molecule has 1 fully saturated rings. The molecule has 0 amide bonds. The summed E-state index contributed by atoms with van der Waals surface area (Å²) in [6, 6.07) is 13.9. The molecule has 0 radical (unpaired) electrons. The maximum atomic E-state index is 5.70. The van der Waals surface area contributed by atoms with Crippen LogP contribution in [0.2, 0.25) is 0 Å². The van der Waals surface area contributed by atoms with Crippen molar-refractivity contribution in [3.8, 4) is 5.75 Å². The fraction of sp³-hybridized carbons (Fsp3) is 0.350. The van der Waals surface area contributed by atoms with Crippen LogP contribution in [0.1, 0.15) is 11.5 Å². The summed E-state index contributed by atoms with van der Waals surface area (Å²) in [4.78, 5) is 9.47. The Bertz CT molecular complexity index is 947. The molecule has 1 aliphatic rings. The summed E-state index contributed by atoms with van der Waals surface area (Å²) in [5.74, 6) is 2.49. The van der Waals surface area contributed by atoms with Gasteiger partial charge < -0.3 is 14.1 Å². The normalized spacial score (nSPS) is 15.0. The quantitative estimate of drug-likeness (QED) is 0.593. The van der Waals surface area contributed by atoms with Crippen molar-refractivity contribution in [2.45, 2.75) is 13.1 Å². The van der Waals surface area contributed by atoms with Gasteiger partial charge in [0.1, 0.15) is 11.6 Å². The number of nitrogens with zero attached hydrogens (tertiary/aromatic N) is 5. The molecule has 0 spiro atoms. The van der Waals surface area contributed by atoms with Crippen molar-refractivity contribution in [3.05, 3.63) is 65.0 Å². The van der Waals surface area contributed by atoms with Gasteiger partial charge in [0.05, 0.1) is 20.2 Å². The summed E-state index contributed by atoms with van der Waals surface area (Å²) >= 11 is 5.36. The number of anilines is 1. The van der Waals surface area contributed by atoms with E-state index in [9.17, 15) is 0 Å². The lowest BCUT2D eigenvalue weighted by Gasteiger charge is -2.34. The van der Waals surface area contributed by atoms with Gasteiger partial charge in [0.2, 0.25) is 5.89 Å². The summed E-state index contributed by atoms with van der Waals surface area (Å²) in [5.41, 5.74) is 1.10. The minimum Gasteiger partial charge on any atom is -0.497 e. The van der Waals surface area contributed by atoms with E-state index < -0.39 is 0 Å². The van der Waals surface area contributed by atoms with Crippen molar-refractivity contribution in [2.24, 2.45) is 0 Å². The van der Waals surface area contributed by atoms with Crippen molar-refractivity contribution >= 4 is 18.0 Å². The molecule has 0 unspecified atom stereocenters. The number of ether oxygens (including phenoxy) is 1. The number of hydrogen-bond acceptors (Lipinski definition) is 7. The molecular weight excluding hydrogens is 374 g/mol. The Morgan fingerprint density at radius 1 is 1.07 bits per heavy atom. The lowest BCUT2D eigenvalue weighted by Crippen LogP contribution is -2.47. The first-order valence-electron chi connectivity index (χ1n) is 9.29. The highest BCUT2D eigenvalue weighted by Crippen LogP contribution is 2.16. The van der Waals surface area contributed by atoms with Gasteiger partial charge in [-0.3, -0.25) is 4.90 Å². The smallest absolute Gasteiger partial charge is 0.288 e. The molecule has 146 valence electrons. The Hall–Kier alpha value is -2.71. The lowest BCUT2D eigenvalue weighted by atomic mass is 10.1. The maximum Gasteiger partial charge on any atom is 0.288 e. The zero-order valence-electron chi connectivity index (χ0n) is 15.8. The second-order valence-corrected chi connectivity index (χ2v) is 7.07. The van der Waals surface area contributed by atoms with Crippen LogP contribution in [0.25, 0.3) is 0 Å². The molecule has 1 aromatic carbocycles. The largest absolute Gasteiger partial charge is 0.497 e. The molecule has 0 N–H and O–H groups in total. The second kappa shape index (κ2) is 8.53. The molecule has 0 atom stereocenters. The van der Waals surface area contributed by atoms with E-state index in [4.69, 9.17) is 21.4 Å². The van der Waals surface area contributed by atoms with Crippen LogP contribution >= 0.6 is 12.2 Å². The fourth-order valence-corrected chi connectivity index (χ4v) is 3.47. The van der Waals surface area contributed by atoms with Gasteiger partial charge in [-0.1, -0.05) is 18.2 Å². The Morgan fingerprint density at radius 2 is 1.86 bits per heavy atom. The van der Waals surface area contributed by atoms with Gasteiger partial charge in [-0.2, -0.15) is 0 Å². The van der Waals surface area contributed by atoms with Crippen molar-refractivity contribution in [3.63, 3.8) is 0 Å². The topological polar surface area (TPSA) is 59.6 Å². The van der Waals surface area contributed by atoms with Gasteiger partial charge in [-0.05, 0) is 42.0 Å². The number of methoxy groups -OCH3 is 1.